The monoisotopic (exact) mass is 354 g/mol. The van der Waals surface area contributed by atoms with Gasteiger partial charge in [0.25, 0.3) is 5.91 Å². The number of benzene rings is 2. The highest BCUT2D eigenvalue weighted by molar-refractivity contribution is 5.94. The van der Waals surface area contributed by atoms with E-state index in [-0.39, 0.29) is 31.1 Å². The molecule has 3 rings (SSSR count). The molecule has 0 bridgehead atoms. The van der Waals surface area contributed by atoms with Crippen LogP contribution in [-0.4, -0.2) is 36.6 Å². The van der Waals surface area contributed by atoms with Gasteiger partial charge in [0.1, 0.15) is 0 Å². The molecule has 0 aromatic heterocycles. The first-order valence-electron chi connectivity index (χ1n) is 8.51. The molecule has 1 unspecified atom stereocenters. The van der Waals surface area contributed by atoms with Crippen LogP contribution in [-0.2, 0) is 11.3 Å². The molecule has 2 amide bonds. The van der Waals surface area contributed by atoms with E-state index in [9.17, 15) is 9.59 Å². The van der Waals surface area contributed by atoms with Gasteiger partial charge in [-0.3, -0.25) is 9.59 Å². The standard InChI is InChI=1S/C20H22N2O4/c1-14(21-20(24)16-6-4-3-5-7-16)10-19(23)22(2)12-15-8-9-17-18(11-15)26-13-25-17/h3-9,11,14H,10,12-13H2,1-2H3,(H,21,24). The molecule has 0 spiro atoms. The second-order valence-corrected chi connectivity index (χ2v) is 6.38. The first-order chi connectivity index (χ1) is 12.5. The third kappa shape index (κ3) is 4.33. The molecule has 2 aromatic carbocycles. The zero-order chi connectivity index (χ0) is 18.5. The summed E-state index contributed by atoms with van der Waals surface area (Å²) in [7, 11) is 1.75. The number of carbonyl (C=O) groups is 2. The van der Waals surface area contributed by atoms with Crippen LogP contribution in [0, 0.1) is 0 Å². The first-order valence-corrected chi connectivity index (χ1v) is 8.51. The minimum Gasteiger partial charge on any atom is -0.454 e. The smallest absolute Gasteiger partial charge is 0.251 e. The summed E-state index contributed by atoms with van der Waals surface area (Å²) >= 11 is 0. The highest BCUT2D eigenvalue weighted by Crippen LogP contribution is 2.32. The number of nitrogens with zero attached hydrogens (tertiary/aromatic N) is 1. The van der Waals surface area contributed by atoms with Crippen molar-refractivity contribution >= 4 is 11.8 Å². The highest BCUT2D eigenvalue weighted by Gasteiger charge is 2.18. The Morgan fingerprint density at radius 1 is 1.12 bits per heavy atom. The van der Waals surface area contributed by atoms with Gasteiger partial charge in [0.05, 0.1) is 0 Å². The third-order valence-corrected chi connectivity index (χ3v) is 4.18. The number of ether oxygens (including phenoxy) is 2. The Hall–Kier alpha value is -3.02. The molecular formula is C20H22N2O4. The van der Waals surface area contributed by atoms with E-state index in [4.69, 9.17) is 9.47 Å². The lowest BCUT2D eigenvalue weighted by Crippen LogP contribution is -2.37. The predicted molar refractivity (Wildman–Crippen MR) is 97.0 cm³/mol. The molecule has 0 radical (unpaired) electrons. The van der Waals surface area contributed by atoms with E-state index in [1.165, 1.54) is 0 Å². The van der Waals surface area contributed by atoms with Crippen molar-refractivity contribution in [2.24, 2.45) is 0 Å². The van der Waals surface area contributed by atoms with Crippen molar-refractivity contribution in [3.8, 4) is 11.5 Å². The predicted octanol–water partition coefficient (Wildman–Crippen LogP) is 2.58. The van der Waals surface area contributed by atoms with Crippen LogP contribution in [0.1, 0.15) is 29.3 Å². The van der Waals surface area contributed by atoms with E-state index in [2.05, 4.69) is 5.32 Å². The third-order valence-electron chi connectivity index (χ3n) is 4.18. The molecule has 2 aromatic rings. The van der Waals surface area contributed by atoms with Crippen molar-refractivity contribution in [3.63, 3.8) is 0 Å². The van der Waals surface area contributed by atoms with Gasteiger partial charge in [0.2, 0.25) is 12.7 Å². The number of hydrogen-bond donors (Lipinski definition) is 1. The van der Waals surface area contributed by atoms with Crippen LogP contribution >= 0.6 is 0 Å². The summed E-state index contributed by atoms with van der Waals surface area (Å²) in [5.74, 6) is 1.21. The van der Waals surface area contributed by atoms with Crippen molar-refractivity contribution in [2.75, 3.05) is 13.8 Å². The second kappa shape index (κ2) is 7.91. The van der Waals surface area contributed by atoms with E-state index < -0.39 is 0 Å². The van der Waals surface area contributed by atoms with Crippen LogP contribution in [0.3, 0.4) is 0 Å². The summed E-state index contributed by atoms with van der Waals surface area (Å²) in [6.07, 6.45) is 0.236. The number of carbonyl (C=O) groups excluding carboxylic acids is 2. The van der Waals surface area contributed by atoms with Gasteiger partial charge in [-0.15, -0.1) is 0 Å². The molecule has 26 heavy (non-hydrogen) atoms. The van der Waals surface area contributed by atoms with Crippen LogP contribution in [0.4, 0.5) is 0 Å². The minimum absolute atomic E-state index is 0.0384. The molecule has 6 nitrogen and oxygen atoms in total. The Bertz CT molecular complexity index is 792. The normalized spacial score (nSPS) is 13.2. The van der Waals surface area contributed by atoms with Crippen molar-refractivity contribution in [2.45, 2.75) is 25.9 Å². The van der Waals surface area contributed by atoms with Gasteiger partial charge in [0.15, 0.2) is 11.5 Å². The van der Waals surface area contributed by atoms with Gasteiger partial charge in [-0.25, -0.2) is 0 Å². The summed E-state index contributed by atoms with van der Waals surface area (Å²) in [5, 5.41) is 2.86. The lowest BCUT2D eigenvalue weighted by atomic mass is 10.1. The fourth-order valence-corrected chi connectivity index (χ4v) is 2.77. The Morgan fingerprint density at radius 2 is 1.85 bits per heavy atom. The molecule has 0 fully saturated rings. The lowest BCUT2D eigenvalue weighted by Gasteiger charge is -2.20. The van der Waals surface area contributed by atoms with Gasteiger partial charge in [-0.2, -0.15) is 0 Å². The Kier molecular flexibility index (Phi) is 5.41. The quantitative estimate of drug-likeness (QED) is 0.866. The molecule has 136 valence electrons. The average Bonchev–Trinajstić information content (AvgIpc) is 3.10. The number of hydrogen-bond acceptors (Lipinski definition) is 4. The molecule has 1 heterocycles. The van der Waals surface area contributed by atoms with Crippen LogP contribution in [0.25, 0.3) is 0 Å². The van der Waals surface area contributed by atoms with Crippen LogP contribution < -0.4 is 14.8 Å². The van der Waals surface area contributed by atoms with E-state index in [1.54, 1.807) is 24.1 Å². The van der Waals surface area contributed by atoms with Gasteiger partial charge in [-0.05, 0) is 36.8 Å². The highest BCUT2D eigenvalue weighted by atomic mass is 16.7. The summed E-state index contributed by atoms with van der Waals surface area (Å²) in [6.45, 7) is 2.52. The van der Waals surface area contributed by atoms with Gasteiger partial charge in [-0.1, -0.05) is 24.3 Å². The Morgan fingerprint density at radius 3 is 2.62 bits per heavy atom. The van der Waals surface area contributed by atoms with Crippen molar-refractivity contribution < 1.29 is 19.1 Å². The molecule has 1 aliphatic heterocycles. The summed E-state index contributed by atoms with van der Waals surface area (Å²) in [6, 6.07) is 14.4. The van der Waals surface area contributed by atoms with Crippen molar-refractivity contribution in [1.82, 2.24) is 10.2 Å². The topological polar surface area (TPSA) is 67.9 Å². The maximum atomic E-state index is 12.4. The SMILES string of the molecule is CC(CC(=O)N(C)Cc1ccc2c(c1)OCO2)NC(=O)c1ccccc1. The molecule has 0 saturated carbocycles. The van der Waals surface area contributed by atoms with Crippen molar-refractivity contribution in [1.29, 1.82) is 0 Å². The van der Waals surface area contributed by atoms with Gasteiger partial charge in [0, 0.05) is 31.6 Å². The molecule has 0 aliphatic carbocycles. The number of nitrogens with one attached hydrogen (secondary N) is 1. The zero-order valence-corrected chi connectivity index (χ0v) is 14.9. The molecular weight excluding hydrogens is 332 g/mol. The Balaban J connectivity index is 1.51. The molecule has 1 aliphatic rings. The van der Waals surface area contributed by atoms with Gasteiger partial charge < -0.3 is 19.7 Å². The van der Waals surface area contributed by atoms with E-state index in [1.807, 2.05) is 43.3 Å². The number of rotatable bonds is 6. The van der Waals surface area contributed by atoms with E-state index >= 15 is 0 Å². The largest absolute Gasteiger partial charge is 0.454 e. The molecule has 6 heteroatoms. The fraction of sp³-hybridized carbons (Fsp3) is 0.300. The second-order valence-electron chi connectivity index (χ2n) is 6.38. The average molecular weight is 354 g/mol. The summed E-state index contributed by atoms with van der Waals surface area (Å²) in [5.41, 5.74) is 1.55. The van der Waals surface area contributed by atoms with Crippen LogP contribution in [0.2, 0.25) is 0 Å². The zero-order valence-electron chi connectivity index (χ0n) is 14.9. The summed E-state index contributed by atoms with van der Waals surface area (Å²) in [4.78, 5) is 26.2. The lowest BCUT2D eigenvalue weighted by molar-refractivity contribution is -0.130. The first kappa shape index (κ1) is 17.8. The van der Waals surface area contributed by atoms with Crippen LogP contribution in [0.15, 0.2) is 48.5 Å². The number of fused-ring (bicyclic) bond motifs is 1. The van der Waals surface area contributed by atoms with Crippen molar-refractivity contribution in [3.05, 3.63) is 59.7 Å². The number of amides is 2. The van der Waals surface area contributed by atoms with E-state index in [0.717, 1.165) is 11.3 Å². The maximum Gasteiger partial charge on any atom is 0.251 e. The Labute approximate surface area is 152 Å². The molecule has 1 atom stereocenters. The molecule has 1 N–H and O–H groups in total. The minimum atomic E-state index is -0.255. The van der Waals surface area contributed by atoms with Crippen LogP contribution in [0.5, 0.6) is 11.5 Å². The maximum absolute atomic E-state index is 12.4. The molecule has 0 saturated heterocycles. The summed E-state index contributed by atoms with van der Waals surface area (Å²) < 4.78 is 10.6. The fourth-order valence-electron chi connectivity index (χ4n) is 2.77. The van der Waals surface area contributed by atoms with Gasteiger partial charge >= 0.3 is 0 Å². The van der Waals surface area contributed by atoms with E-state index in [0.29, 0.717) is 17.9 Å².